The highest BCUT2D eigenvalue weighted by Gasteiger charge is 2.35. The maximum Gasteiger partial charge on any atom is 0.124 e. The Morgan fingerprint density at radius 3 is 2.52 bits per heavy atom. The molecule has 0 bridgehead atoms. The minimum absolute atomic E-state index is 0.0561. The molecule has 1 aliphatic heterocycles. The smallest absolute Gasteiger partial charge is 0.124 e. The van der Waals surface area contributed by atoms with Gasteiger partial charge in [0, 0.05) is 18.6 Å². The molecule has 2 unspecified atom stereocenters. The van der Waals surface area contributed by atoms with Gasteiger partial charge in [0.2, 0.25) is 0 Å². The number of nitrogens with zero attached hydrogens (tertiary/aromatic N) is 1. The normalized spacial score (nSPS) is 24.2. The molecule has 3 N–H and O–H groups in total. The van der Waals surface area contributed by atoms with Crippen molar-refractivity contribution < 1.29 is 10.2 Å². The zero-order chi connectivity index (χ0) is 14.8. The second-order valence-electron chi connectivity index (χ2n) is 6.53. The molecule has 21 heavy (non-hydrogen) atoms. The maximum atomic E-state index is 10.1. The Bertz CT molecular complexity index is 461. The fourth-order valence-corrected chi connectivity index (χ4v) is 3.54. The summed E-state index contributed by atoms with van der Waals surface area (Å²) in [5.41, 5.74) is 0.674. The van der Waals surface area contributed by atoms with E-state index < -0.39 is 0 Å². The van der Waals surface area contributed by atoms with Crippen LogP contribution in [0.25, 0.3) is 0 Å². The van der Waals surface area contributed by atoms with Gasteiger partial charge in [-0.05, 0) is 63.7 Å². The Morgan fingerprint density at radius 1 is 1.24 bits per heavy atom. The predicted octanol–water partition coefficient (Wildman–Crippen LogP) is 2.62. The first-order valence-corrected chi connectivity index (χ1v) is 8.14. The fraction of sp³-hybridized carbons (Fsp3) is 0.647. The van der Waals surface area contributed by atoms with E-state index in [0.717, 1.165) is 19.6 Å². The number of nitrogens with one attached hydrogen (secondary N) is 1. The second-order valence-corrected chi connectivity index (χ2v) is 6.53. The van der Waals surface area contributed by atoms with Crippen molar-refractivity contribution >= 4 is 0 Å². The number of phenols is 2. The zero-order valence-electron chi connectivity index (χ0n) is 12.8. The largest absolute Gasteiger partial charge is 0.507 e. The Hall–Kier alpha value is -1.26. The number of benzene rings is 1. The standard InChI is InChI=1S/C17H26N2O2/c1-12(17-15(20)5-2-6-16(17)21)19(14-7-8-14)11-13-4-3-9-18-10-13/h2,5-6,12-14,18,20-21H,3-4,7-11H2,1H3. The van der Waals surface area contributed by atoms with Crippen molar-refractivity contribution in [1.29, 1.82) is 0 Å². The molecule has 2 aliphatic rings. The van der Waals surface area contributed by atoms with Gasteiger partial charge in [0.25, 0.3) is 0 Å². The number of phenolic OH excluding ortho intramolecular Hbond substituents is 2. The Kier molecular flexibility index (Phi) is 4.36. The third kappa shape index (κ3) is 3.33. The van der Waals surface area contributed by atoms with Gasteiger partial charge in [0.05, 0.1) is 5.56 Å². The van der Waals surface area contributed by atoms with Crippen LogP contribution >= 0.6 is 0 Å². The van der Waals surface area contributed by atoms with Crippen molar-refractivity contribution in [2.75, 3.05) is 19.6 Å². The van der Waals surface area contributed by atoms with Crippen molar-refractivity contribution in [3.05, 3.63) is 23.8 Å². The Labute approximate surface area is 126 Å². The summed E-state index contributed by atoms with van der Waals surface area (Å²) >= 11 is 0. The molecule has 1 aromatic rings. The maximum absolute atomic E-state index is 10.1. The summed E-state index contributed by atoms with van der Waals surface area (Å²) in [7, 11) is 0. The van der Waals surface area contributed by atoms with Crippen molar-refractivity contribution in [3.8, 4) is 11.5 Å². The summed E-state index contributed by atoms with van der Waals surface area (Å²) < 4.78 is 0. The van der Waals surface area contributed by atoms with Crippen LogP contribution in [0, 0.1) is 5.92 Å². The summed E-state index contributed by atoms with van der Waals surface area (Å²) in [6, 6.07) is 5.69. The molecule has 1 aliphatic carbocycles. The van der Waals surface area contributed by atoms with Gasteiger partial charge < -0.3 is 15.5 Å². The number of hydrogen-bond donors (Lipinski definition) is 3. The van der Waals surface area contributed by atoms with Gasteiger partial charge in [-0.1, -0.05) is 6.07 Å². The predicted molar refractivity (Wildman–Crippen MR) is 83.5 cm³/mol. The molecule has 1 aromatic carbocycles. The van der Waals surface area contributed by atoms with Crippen molar-refractivity contribution in [3.63, 3.8) is 0 Å². The molecule has 0 radical (unpaired) electrons. The van der Waals surface area contributed by atoms with Crippen LogP contribution < -0.4 is 5.32 Å². The van der Waals surface area contributed by atoms with Crippen molar-refractivity contribution in [2.24, 2.45) is 5.92 Å². The van der Waals surface area contributed by atoms with Gasteiger partial charge >= 0.3 is 0 Å². The van der Waals surface area contributed by atoms with E-state index in [2.05, 4.69) is 17.1 Å². The van der Waals surface area contributed by atoms with Crippen molar-refractivity contribution in [1.82, 2.24) is 10.2 Å². The Balaban J connectivity index is 1.76. The third-order valence-electron chi connectivity index (χ3n) is 4.86. The fourth-order valence-electron chi connectivity index (χ4n) is 3.54. The number of piperidine rings is 1. The molecule has 3 rings (SSSR count). The lowest BCUT2D eigenvalue weighted by Gasteiger charge is -2.35. The molecule has 0 spiro atoms. The van der Waals surface area contributed by atoms with Crippen LogP contribution in [0.4, 0.5) is 0 Å². The SMILES string of the molecule is CC(c1c(O)cccc1O)N(CC1CCCNC1)C1CC1. The number of aromatic hydroxyl groups is 2. The van der Waals surface area contributed by atoms with Crippen LogP contribution in [0.15, 0.2) is 18.2 Å². The minimum atomic E-state index is 0.0561. The van der Waals surface area contributed by atoms with E-state index >= 15 is 0 Å². The van der Waals surface area contributed by atoms with E-state index in [9.17, 15) is 10.2 Å². The van der Waals surface area contributed by atoms with Gasteiger partial charge in [-0.15, -0.1) is 0 Å². The highest BCUT2D eigenvalue weighted by molar-refractivity contribution is 5.45. The first-order chi connectivity index (χ1) is 10.2. The quantitative estimate of drug-likeness (QED) is 0.780. The van der Waals surface area contributed by atoms with Gasteiger partial charge in [-0.3, -0.25) is 4.90 Å². The summed E-state index contributed by atoms with van der Waals surface area (Å²) in [6.07, 6.45) is 4.99. The van der Waals surface area contributed by atoms with E-state index in [1.807, 2.05) is 0 Å². The average Bonchev–Trinajstić information content (AvgIpc) is 3.30. The molecule has 116 valence electrons. The third-order valence-corrected chi connectivity index (χ3v) is 4.86. The van der Waals surface area contributed by atoms with E-state index in [1.165, 1.54) is 25.7 Å². The lowest BCUT2D eigenvalue weighted by Crippen LogP contribution is -2.40. The van der Waals surface area contributed by atoms with Gasteiger partial charge in [0.1, 0.15) is 11.5 Å². The molecule has 4 nitrogen and oxygen atoms in total. The summed E-state index contributed by atoms with van der Waals surface area (Å²) in [5, 5.41) is 23.7. The van der Waals surface area contributed by atoms with E-state index in [4.69, 9.17) is 0 Å². The first kappa shape index (κ1) is 14.7. The number of hydrogen-bond acceptors (Lipinski definition) is 4. The average molecular weight is 290 g/mol. The summed E-state index contributed by atoms with van der Waals surface area (Å²) in [4.78, 5) is 2.48. The minimum Gasteiger partial charge on any atom is -0.507 e. The van der Waals surface area contributed by atoms with Crippen LogP contribution in [0.2, 0.25) is 0 Å². The zero-order valence-corrected chi connectivity index (χ0v) is 12.8. The van der Waals surface area contributed by atoms with Gasteiger partial charge in [0.15, 0.2) is 0 Å². The van der Waals surface area contributed by atoms with Gasteiger partial charge in [-0.2, -0.15) is 0 Å². The molecular weight excluding hydrogens is 264 g/mol. The Morgan fingerprint density at radius 2 is 1.95 bits per heavy atom. The second kappa shape index (κ2) is 6.24. The summed E-state index contributed by atoms with van der Waals surface area (Å²) in [6.45, 7) is 5.37. The molecule has 1 heterocycles. The molecule has 0 amide bonds. The number of rotatable bonds is 5. The molecule has 4 heteroatoms. The van der Waals surface area contributed by atoms with Crippen LogP contribution in [0.3, 0.4) is 0 Å². The highest BCUT2D eigenvalue weighted by Crippen LogP contribution is 2.41. The van der Waals surface area contributed by atoms with E-state index in [-0.39, 0.29) is 17.5 Å². The monoisotopic (exact) mass is 290 g/mol. The topological polar surface area (TPSA) is 55.7 Å². The molecule has 1 saturated carbocycles. The van der Waals surface area contributed by atoms with E-state index in [0.29, 0.717) is 17.5 Å². The summed E-state index contributed by atoms with van der Waals surface area (Å²) in [5.74, 6) is 1.08. The molecule has 0 aromatic heterocycles. The lowest BCUT2D eigenvalue weighted by atomic mass is 9.96. The molecule has 1 saturated heterocycles. The molecule has 2 fully saturated rings. The lowest BCUT2D eigenvalue weighted by molar-refractivity contribution is 0.150. The van der Waals surface area contributed by atoms with Crippen LogP contribution in [-0.2, 0) is 0 Å². The van der Waals surface area contributed by atoms with Gasteiger partial charge in [-0.25, -0.2) is 0 Å². The van der Waals surface area contributed by atoms with Crippen LogP contribution in [0.1, 0.15) is 44.2 Å². The van der Waals surface area contributed by atoms with E-state index in [1.54, 1.807) is 18.2 Å². The highest BCUT2D eigenvalue weighted by atomic mass is 16.3. The first-order valence-electron chi connectivity index (χ1n) is 8.14. The van der Waals surface area contributed by atoms with Crippen LogP contribution in [-0.4, -0.2) is 40.8 Å². The van der Waals surface area contributed by atoms with Crippen molar-refractivity contribution in [2.45, 2.75) is 44.7 Å². The molecule has 2 atom stereocenters. The molecular formula is C17H26N2O2. The van der Waals surface area contributed by atoms with Crippen LogP contribution in [0.5, 0.6) is 11.5 Å².